The molecule has 0 bridgehead atoms. The normalized spacial score (nSPS) is 6.75. The van der Waals surface area contributed by atoms with E-state index in [4.69, 9.17) is 15.6 Å². The molecule has 66 valence electrons. The summed E-state index contributed by atoms with van der Waals surface area (Å²) < 4.78 is 0. The van der Waals surface area contributed by atoms with Gasteiger partial charge in [0.1, 0.15) is 0 Å². The molecule has 0 radical (unpaired) electrons. The Balaban J connectivity index is -0.000000126. The summed E-state index contributed by atoms with van der Waals surface area (Å²) in [6.07, 6.45) is 0.905. The summed E-state index contributed by atoms with van der Waals surface area (Å²) in [5.74, 6) is -1.70. The molecule has 0 heterocycles. The van der Waals surface area contributed by atoms with Crippen molar-refractivity contribution >= 4 is 47.7 Å². The number of nitrogens with one attached hydrogen (secondary N) is 1. The van der Waals surface area contributed by atoms with Crippen LogP contribution in [0.2, 0.25) is 0 Å². The molecule has 0 aliphatic rings. The van der Waals surface area contributed by atoms with E-state index < -0.39 is 11.9 Å². The summed E-state index contributed by atoms with van der Waals surface area (Å²) in [5, 5.41) is 21.7. The third-order valence-electron chi connectivity index (χ3n) is 0.579. The van der Waals surface area contributed by atoms with Crippen molar-refractivity contribution in [1.82, 2.24) is 0 Å². The van der Waals surface area contributed by atoms with E-state index in [1.165, 1.54) is 0 Å². The Morgan fingerprint density at radius 2 is 1.67 bits per heavy atom. The molecule has 0 aromatic rings. The Bertz CT molecular complexity index is 148. The number of hydrogen-bond donors (Lipinski definition) is 3. The monoisotopic (exact) mass is 185 g/mol. The maximum atomic E-state index is 9.45. The fourth-order valence-electron chi connectivity index (χ4n) is 0.0873. The van der Waals surface area contributed by atoms with Crippen molar-refractivity contribution in [2.24, 2.45) is 0 Å². The minimum atomic E-state index is -0.954. The van der Waals surface area contributed by atoms with Crippen LogP contribution in [-0.2, 0) is 9.59 Å². The first kappa shape index (κ1) is 17.6. The second-order valence-electron chi connectivity index (χ2n) is 1.55. The zero-order valence-electron chi connectivity index (χ0n) is 6.20. The third kappa shape index (κ3) is 33.5. The van der Waals surface area contributed by atoms with Crippen LogP contribution in [0.25, 0.3) is 0 Å². The Labute approximate surface area is 92.6 Å². The molecule has 0 saturated heterocycles. The van der Waals surface area contributed by atoms with Gasteiger partial charge in [-0.25, -0.2) is 0 Å². The van der Waals surface area contributed by atoms with E-state index in [1.54, 1.807) is 6.92 Å². The van der Waals surface area contributed by atoms with Gasteiger partial charge >= 0.3 is 41.5 Å². The molecule has 12 heavy (non-hydrogen) atoms. The maximum absolute atomic E-state index is 9.45. The zero-order valence-corrected chi connectivity index (χ0v) is 6.20. The second-order valence-corrected chi connectivity index (χ2v) is 1.55. The molecule has 6 heteroatoms. The first-order valence-electron chi connectivity index (χ1n) is 2.97. The van der Waals surface area contributed by atoms with Crippen molar-refractivity contribution in [3.8, 4) is 0 Å². The molecule has 0 aromatic carbocycles. The average Bonchev–Trinajstić information content (AvgIpc) is 1.89. The van der Waals surface area contributed by atoms with Crippen LogP contribution >= 0.6 is 0 Å². The van der Waals surface area contributed by atoms with Gasteiger partial charge in [0.2, 0.25) is 0 Å². The van der Waals surface area contributed by atoms with Crippen molar-refractivity contribution < 1.29 is 19.8 Å². The Morgan fingerprint density at radius 3 is 1.67 bits per heavy atom. The molecular formula is C6H12NNaO4. The Morgan fingerprint density at radius 1 is 1.33 bits per heavy atom. The van der Waals surface area contributed by atoms with E-state index in [1.807, 2.05) is 0 Å². The summed E-state index contributed by atoms with van der Waals surface area (Å²) >= 11 is 0. The van der Waals surface area contributed by atoms with Crippen molar-refractivity contribution in [1.29, 1.82) is 5.41 Å². The van der Waals surface area contributed by atoms with Crippen molar-refractivity contribution in [2.45, 2.75) is 19.8 Å². The number of carboxylic acids is 2. The SMILES string of the molecule is CCC(=O)O.N=CCC(=O)O.[NaH]. The average molecular weight is 185 g/mol. The first-order valence-corrected chi connectivity index (χ1v) is 2.97. The van der Waals surface area contributed by atoms with Gasteiger partial charge in [-0.3, -0.25) is 9.59 Å². The van der Waals surface area contributed by atoms with Gasteiger partial charge in [-0.1, -0.05) is 6.92 Å². The van der Waals surface area contributed by atoms with Gasteiger partial charge < -0.3 is 15.6 Å². The molecule has 0 rings (SSSR count). The predicted molar refractivity (Wildman–Crippen MR) is 46.1 cm³/mol. The van der Waals surface area contributed by atoms with Crippen LogP contribution in [0.5, 0.6) is 0 Å². The van der Waals surface area contributed by atoms with Gasteiger partial charge in [0, 0.05) is 12.6 Å². The summed E-state index contributed by atoms with van der Waals surface area (Å²) in [6.45, 7) is 1.60. The number of rotatable bonds is 3. The van der Waals surface area contributed by atoms with E-state index in [2.05, 4.69) is 0 Å². The van der Waals surface area contributed by atoms with Gasteiger partial charge in [0.15, 0.2) is 0 Å². The first-order chi connectivity index (χ1) is 5.04. The van der Waals surface area contributed by atoms with E-state index in [9.17, 15) is 9.59 Å². The molecule has 0 aliphatic heterocycles. The standard InChI is InChI=1S/C3H5NO2.C3H6O2.Na.H/c4-2-1-3(5)6;1-2-3(4)5;;/h2,4H,1H2,(H,5,6);2H2,1H3,(H,4,5);;. The summed E-state index contributed by atoms with van der Waals surface area (Å²) in [7, 11) is 0. The molecule has 0 amide bonds. The molecule has 0 aromatic heterocycles. The van der Waals surface area contributed by atoms with E-state index in [0.717, 1.165) is 6.21 Å². The topological polar surface area (TPSA) is 98.5 Å². The van der Waals surface area contributed by atoms with Crippen molar-refractivity contribution in [3.05, 3.63) is 0 Å². The molecule has 0 aliphatic carbocycles. The van der Waals surface area contributed by atoms with Crippen molar-refractivity contribution in [3.63, 3.8) is 0 Å². The van der Waals surface area contributed by atoms with Crippen LogP contribution in [0.4, 0.5) is 0 Å². The summed E-state index contributed by atoms with van der Waals surface area (Å²) in [6, 6.07) is 0. The fraction of sp³-hybridized carbons (Fsp3) is 0.500. The van der Waals surface area contributed by atoms with Crippen LogP contribution in [0.3, 0.4) is 0 Å². The molecule has 0 atom stereocenters. The van der Waals surface area contributed by atoms with Gasteiger partial charge in [-0.2, -0.15) is 0 Å². The van der Waals surface area contributed by atoms with Gasteiger partial charge in [-0.15, -0.1) is 0 Å². The van der Waals surface area contributed by atoms with Crippen LogP contribution in [-0.4, -0.2) is 57.9 Å². The Hall–Kier alpha value is -0.390. The molecule has 5 nitrogen and oxygen atoms in total. The zero-order chi connectivity index (χ0) is 9.28. The van der Waals surface area contributed by atoms with E-state index in [-0.39, 0.29) is 42.4 Å². The molecule has 3 N–H and O–H groups in total. The molecule has 0 spiro atoms. The van der Waals surface area contributed by atoms with E-state index in [0.29, 0.717) is 0 Å². The number of aliphatic carboxylic acids is 2. The fourth-order valence-corrected chi connectivity index (χ4v) is 0.0873. The number of carbonyl (C=O) groups is 2. The molecule has 0 fully saturated rings. The van der Waals surface area contributed by atoms with Crippen LogP contribution in [0.15, 0.2) is 0 Å². The summed E-state index contributed by atoms with van der Waals surface area (Å²) in [5.41, 5.74) is 0. The number of carboxylic acid groups (broad SMARTS) is 2. The van der Waals surface area contributed by atoms with E-state index >= 15 is 0 Å². The van der Waals surface area contributed by atoms with Crippen LogP contribution < -0.4 is 0 Å². The Kier molecular flexibility index (Phi) is 19.4. The quantitative estimate of drug-likeness (QED) is 0.423. The van der Waals surface area contributed by atoms with Gasteiger partial charge in [0.05, 0.1) is 6.42 Å². The second kappa shape index (κ2) is 13.2. The van der Waals surface area contributed by atoms with Gasteiger partial charge in [-0.05, 0) is 0 Å². The molecule has 0 unspecified atom stereocenters. The predicted octanol–water partition coefficient (Wildman–Crippen LogP) is -0.0568. The van der Waals surface area contributed by atoms with Crippen LogP contribution in [0, 0.1) is 5.41 Å². The summed E-state index contributed by atoms with van der Waals surface area (Å²) in [4.78, 5) is 18.8. The van der Waals surface area contributed by atoms with Crippen molar-refractivity contribution in [2.75, 3.05) is 0 Å². The molecular weight excluding hydrogens is 173 g/mol. The van der Waals surface area contributed by atoms with Crippen LogP contribution in [0.1, 0.15) is 19.8 Å². The molecule has 0 saturated carbocycles. The van der Waals surface area contributed by atoms with Gasteiger partial charge in [0.25, 0.3) is 0 Å². The minimum absolute atomic E-state index is 0. The third-order valence-corrected chi connectivity index (χ3v) is 0.579. The number of hydrogen-bond acceptors (Lipinski definition) is 3.